The van der Waals surface area contributed by atoms with Gasteiger partial charge in [0.1, 0.15) is 0 Å². The predicted octanol–water partition coefficient (Wildman–Crippen LogP) is 1.80. The van der Waals surface area contributed by atoms with Crippen LogP contribution in [0.1, 0.15) is 25.3 Å². The highest BCUT2D eigenvalue weighted by molar-refractivity contribution is 7.90. The van der Waals surface area contributed by atoms with E-state index < -0.39 is 9.84 Å². The molecule has 16 heavy (non-hydrogen) atoms. The van der Waals surface area contributed by atoms with Crippen molar-refractivity contribution in [2.24, 2.45) is 0 Å². The Morgan fingerprint density at radius 3 is 2.25 bits per heavy atom. The van der Waals surface area contributed by atoms with E-state index in [9.17, 15) is 8.42 Å². The second-order valence-corrected chi connectivity index (χ2v) is 6.16. The zero-order valence-corrected chi connectivity index (χ0v) is 11.0. The van der Waals surface area contributed by atoms with Crippen LogP contribution in [-0.4, -0.2) is 27.8 Å². The van der Waals surface area contributed by atoms with E-state index in [2.05, 4.69) is 5.32 Å². The molecule has 1 aromatic rings. The van der Waals surface area contributed by atoms with Gasteiger partial charge in [-0.15, -0.1) is 0 Å². The molecule has 0 radical (unpaired) electrons. The molecular weight excluding hydrogens is 222 g/mol. The molecule has 0 aromatic heterocycles. The van der Waals surface area contributed by atoms with Crippen molar-refractivity contribution in [3.8, 4) is 0 Å². The van der Waals surface area contributed by atoms with E-state index in [-0.39, 0.29) is 12.0 Å². The summed E-state index contributed by atoms with van der Waals surface area (Å²) in [6, 6.07) is 7.43. The first-order valence-electron chi connectivity index (χ1n) is 5.34. The number of benzene rings is 1. The molecule has 1 N–H and O–H groups in total. The maximum atomic E-state index is 11.6. The van der Waals surface area contributed by atoms with Crippen LogP contribution in [0.25, 0.3) is 0 Å². The maximum absolute atomic E-state index is 11.6. The summed E-state index contributed by atoms with van der Waals surface area (Å²) < 4.78 is 23.3. The lowest BCUT2D eigenvalue weighted by Gasteiger charge is -2.21. The summed E-state index contributed by atoms with van der Waals surface area (Å²) in [6.45, 7) is 4.08. The van der Waals surface area contributed by atoms with Gasteiger partial charge in [-0.2, -0.15) is 0 Å². The lowest BCUT2D eigenvalue weighted by Crippen LogP contribution is -2.28. The Balaban J connectivity index is 3.24. The Labute approximate surface area is 97.8 Å². The molecule has 2 atom stereocenters. The van der Waals surface area contributed by atoms with Gasteiger partial charge in [0.15, 0.2) is 9.84 Å². The highest BCUT2D eigenvalue weighted by Crippen LogP contribution is 2.26. The third kappa shape index (κ3) is 2.83. The van der Waals surface area contributed by atoms with E-state index in [1.165, 1.54) is 6.26 Å². The highest BCUT2D eigenvalue weighted by atomic mass is 32.2. The zero-order chi connectivity index (χ0) is 12.3. The van der Waals surface area contributed by atoms with Crippen LogP contribution in [0.5, 0.6) is 0 Å². The number of rotatable bonds is 4. The smallest absolute Gasteiger partial charge is 0.175 e. The van der Waals surface area contributed by atoms with Gasteiger partial charge in [0.05, 0.1) is 4.90 Å². The zero-order valence-electron chi connectivity index (χ0n) is 10.2. The van der Waals surface area contributed by atoms with Gasteiger partial charge in [0, 0.05) is 12.3 Å². The summed E-state index contributed by atoms with van der Waals surface area (Å²) in [6.07, 6.45) is 1.25. The van der Waals surface area contributed by atoms with E-state index in [1.54, 1.807) is 12.1 Å². The van der Waals surface area contributed by atoms with E-state index in [1.807, 2.05) is 33.0 Å². The van der Waals surface area contributed by atoms with Crippen LogP contribution in [0.4, 0.5) is 0 Å². The van der Waals surface area contributed by atoms with Gasteiger partial charge in [-0.3, -0.25) is 0 Å². The maximum Gasteiger partial charge on any atom is 0.175 e. The summed E-state index contributed by atoms with van der Waals surface area (Å²) in [4.78, 5) is 0.435. The van der Waals surface area contributed by atoms with E-state index in [0.29, 0.717) is 4.90 Å². The lowest BCUT2D eigenvalue weighted by molar-refractivity contribution is 0.516. The fourth-order valence-corrected chi connectivity index (χ4v) is 2.72. The molecule has 3 nitrogen and oxygen atoms in total. The van der Waals surface area contributed by atoms with Crippen LogP contribution in [0.3, 0.4) is 0 Å². The molecule has 0 heterocycles. The van der Waals surface area contributed by atoms with Crippen LogP contribution in [0, 0.1) is 0 Å². The molecule has 0 aliphatic carbocycles. The molecule has 4 heteroatoms. The van der Waals surface area contributed by atoms with Crippen LogP contribution in [-0.2, 0) is 9.84 Å². The fraction of sp³-hybridized carbons (Fsp3) is 0.500. The minimum Gasteiger partial charge on any atom is -0.317 e. The van der Waals surface area contributed by atoms with Gasteiger partial charge in [-0.05, 0) is 31.5 Å². The molecule has 0 saturated carbocycles. The van der Waals surface area contributed by atoms with Crippen molar-refractivity contribution < 1.29 is 8.42 Å². The van der Waals surface area contributed by atoms with Crippen molar-refractivity contribution in [2.45, 2.75) is 30.7 Å². The number of likely N-dealkylation sites (N-methyl/N-ethyl adjacent to an activating group) is 1. The van der Waals surface area contributed by atoms with Crippen molar-refractivity contribution in [1.29, 1.82) is 0 Å². The lowest BCUT2D eigenvalue weighted by atomic mass is 9.94. The van der Waals surface area contributed by atoms with E-state index in [4.69, 9.17) is 0 Å². The quantitative estimate of drug-likeness (QED) is 0.874. The number of sulfone groups is 1. The standard InChI is InChI=1S/C12H19NO2S/c1-9(10(2)13-3)11-7-5-6-8-12(11)16(4,14)15/h5-10,13H,1-4H3. The van der Waals surface area contributed by atoms with Crippen LogP contribution in [0.2, 0.25) is 0 Å². The predicted molar refractivity (Wildman–Crippen MR) is 66.5 cm³/mol. The normalized spacial score (nSPS) is 15.8. The molecule has 2 unspecified atom stereocenters. The van der Waals surface area contributed by atoms with Gasteiger partial charge < -0.3 is 5.32 Å². The fourth-order valence-electron chi connectivity index (χ4n) is 1.71. The molecule has 0 saturated heterocycles. The third-order valence-corrected chi connectivity index (χ3v) is 4.19. The Bertz CT molecular complexity index is 454. The number of hydrogen-bond acceptors (Lipinski definition) is 3. The first-order valence-corrected chi connectivity index (χ1v) is 7.23. The van der Waals surface area contributed by atoms with E-state index in [0.717, 1.165) is 5.56 Å². The van der Waals surface area contributed by atoms with Crippen LogP contribution in [0.15, 0.2) is 29.2 Å². The summed E-state index contributed by atoms with van der Waals surface area (Å²) in [5.41, 5.74) is 0.881. The summed E-state index contributed by atoms with van der Waals surface area (Å²) >= 11 is 0. The summed E-state index contributed by atoms with van der Waals surface area (Å²) in [7, 11) is -1.27. The molecule has 0 aliphatic heterocycles. The summed E-state index contributed by atoms with van der Waals surface area (Å²) in [5.74, 6) is 0.163. The topological polar surface area (TPSA) is 46.2 Å². The molecular formula is C12H19NO2S. The molecule has 0 amide bonds. The first-order chi connectivity index (χ1) is 7.38. The van der Waals surface area contributed by atoms with Crippen molar-refractivity contribution in [1.82, 2.24) is 5.32 Å². The molecule has 0 spiro atoms. The van der Waals surface area contributed by atoms with Crippen LogP contribution >= 0.6 is 0 Å². The second kappa shape index (κ2) is 4.97. The highest BCUT2D eigenvalue weighted by Gasteiger charge is 2.20. The molecule has 90 valence electrons. The average Bonchev–Trinajstić information content (AvgIpc) is 2.26. The van der Waals surface area contributed by atoms with E-state index >= 15 is 0 Å². The second-order valence-electron chi connectivity index (χ2n) is 4.18. The number of nitrogens with one attached hydrogen (secondary N) is 1. The van der Waals surface area contributed by atoms with Gasteiger partial charge in [-0.1, -0.05) is 25.1 Å². The minimum atomic E-state index is -3.15. The van der Waals surface area contributed by atoms with Gasteiger partial charge in [0.25, 0.3) is 0 Å². The van der Waals surface area contributed by atoms with Gasteiger partial charge >= 0.3 is 0 Å². The largest absolute Gasteiger partial charge is 0.317 e. The van der Waals surface area contributed by atoms with Gasteiger partial charge in [0.2, 0.25) is 0 Å². The van der Waals surface area contributed by atoms with Gasteiger partial charge in [-0.25, -0.2) is 8.42 Å². The Kier molecular flexibility index (Phi) is 4.10. The van der Waals surface area contributed by atoms with Crippen LogP contribution < -0.4 is 5.32 Å². The molecule has 0 bridgehead atoms. The number of hydrogen-bond donors (Lipinski definition) is 1. The van der Waals surface area contributed by atoms with Crippen molar-refractivity contribution in [3.05, 3.63) is 29.8 Å². The van der Waals surface area contributed by atoms with Crippen molar-refractivity contribution >= 4 is 9.84 Å². The Morgan fingerprint density at radius 2 is 1.75 bits per heavy atom. The monoisotopic (exact) mass is 241 g/mol. The average molecular weight is 241 g/mol. The molecule has 0 fully saturated rings. The SMILES string of the molecule is CNC(C)C(C)c1ccccc1S(C)(=O)=O. The minimum absolute atomic E-state index is 0.163. The van der Waals surface area contributed by atoms with Crippen molar-refractivity contribution in [3.63, 3.8) is 0 Å². The summed E-state index contributed by atoms with van der Waals surface area (Å²) in [5, 5.41) is 3.15. The molecule has 1 rings (SSSR count). The Morgan fingerprint density at radius 1 is 1.19 bits per heavy atom. The third-order valence-electron chi connectivity index (χ3n) is 3.01. The van der Waals surface area contributed by atoms with Crippen molar-refractivity contribution in [2.75, 3.05) is 13.3 Å². The molecule has 0 aliphatic rings. The first kappa shape index (κ1) is 13.2. The molecule has 1 aromatic carbocycles. The Hall–Kier alpha value is -0.870.